The van der Waals surface area contributed by atoms with Crippen LogP contribution in [0.3, 0.4) is 0 Å². The molecule has 4 bridgehead atoms. The molecule has 192 valence electrons. The zero-order valence-corrected chi connectivity index (χ0v) is 21.6. The maximum absolute atomic E-state index is 13.1. The van der Waals surface area contributed by atoms with Crippen LogP contribution in [0.15, 0.2) is 84.9 Å². The number of carbonyl (C=O) groups excluding carboxylic acids is 4. The van der Waals surface area contributed by atoms with E-state index in [9.17, 15) is 19.2 Å². The van der Waals surface area contributed by atoms with Crippen LogP contribution in [-0.2, 0) is 9.47 Å². The largest absolute Gasteiger partial charge is 0.459 e. The highest BCUT2D eigenvalue weighted by atomic mass is 32.1. The average molecular weight is 547 g/mol. The molecule has 4 aromatic rings. The molecule has 38 heavy (non-hydrogen) atoms. The molecule has 2 aromatic carbocycles. The summed E-state index contributed by atoms with van der Waals surface area (Å²) in [6, 6.07) is 23.1. The molecule has 2 N–H and O–H groups in total. The van der Waals surface area contributed by atoms with E-state index in [0.717, 1.165) is 33.8 Å². The van der Waals surface area contributed by atoms with Gasteiger partial charge in [-0.05, 0) is 35.4 Å². The first-order valence-electron chi connectivity index (χ1n) is 11.7. The summed E-state index contributed by atoms with van der Waals surface area (Å²) in [6.45, 7) is -0.243. The molecule has 0 aliphatic carbocycles. The molecule has 1 aliphatic rings. The van der Waals surface area contributed by atoms with Crippen LogP contribution in [0.1, 0.15) is 61.9 Å². The van der Waals surface area contributed by atoms with Gasteiger partial charge in [0, 0.05) is 0 Å². The Labute approximate surface area is 226 Å². The van der Waals surface area contributed by atoms with Crippen molar-refractivity contribution in [2.24, 2.45) is 0 Å². The van der Waals surface area contributed by atoms with Crippen molar-refractivity contribution < 1.29 is 28.7 Å². The minimum absolute atomic E-state index is 0.121. The lowest BCUT2D eigenvalue weighted by Gasteiger charge is -2.19. The first kappa shape index (κ1) is 25.4. The number of nitrogens with one attached hydrogen (secondary N) is 2. The molecule has 0 saturated heterocycles. The molecule has 2 amide bonds. The Morgan fingerprint density at radius 1 is 0.526 bits per heavy atom. The Morgan fingerprint density at radius 3 is 1.32 bits per heavy atom. The number of benzene rings is 2. The van der Waals surface area contributed by atoms with Crippen LogP contribution >= 0.6 is 22.7 Å². The summed E-state index contributed by atoms with van der Waals surface area (Å²) >= 11 is 1.99. The number of fused-ring (bicyclic) bond motifs is 4. The van der Waals surface area contributed by atoms with Gasteiger partial charge in [-0.25, -0.2) is 9.59 Å². The molecule has 8 nitrogen and oxygen atoms in total. The van der Waals surface area contributed by atoms with Crippen LogP contribution in [0.4, 0.5) is 0 Å². The molecule has 0 unspecified atom stereocenters. The number of carbonyl (C=O) groups is 4. The van der Waals surface area contributed by atoms with E-state index in [4.69, 9.17) is 9.47 Å². The molecule has 10 heteroatoms. The lowest BCUT2D eigenvalue weighted by atomic mass is 10.1. The van der Waals surface area contributed by atoms with Crippen LogP contribution in [0.5, 0.6) is 0 Å². The second kappa shape index (κ2) is 11.4. The third-order valence-electron chi connectivity index (χ3n) is 5.84. The van der Waals surface area contributed by atoms with Crippen molar-refractivity contribution in [2.45, 2.75) is 12.1 Å². The normalized spacial score (nSPS) is 18.8. The Bertz CT molecular complexity index is 1360. The van der Waals surface area contributed by atoms with Gasteiger partial charge in [0.25, 0.3) is 11.8 Å². The van der Waals surface area contributed by atoms with E-state index < -0.39 is 35.8 Å². The third kappa shape index (κ3) is 5.82. The number of esters is 2. The first-order chi connectivity index (χ1) is 18.5. The summed E-state index contributed by atoms with van der Waals surface area (Å²) in [4.78, 5) is 52.8. The highest BCUT2D eigenvalue weighted by Gasteiger charge is 2.24. The topological polar surface area (TPSA) is 111 Å². The number of hydrogen-bond acceptors (Lipinski definition) is 8. The minimum Gasteiger partial charge on any atom is -0.459 e. The van der Waals surface area contributed by atoms with E-state index in [1.807, 2.05) is 60.7 Å². The SMILES string of the molecule is O=C1N[C@H](c2ccccc2)COC(=O)c2ccc(s2)C(=O)OC[C@@H](c2ccccc2)NC(=O)c2ccc1s2. The van der Waals surface area contributed by atoms with E-state index in [-0.39, 0.29) is 23.0 Å². The van der Waals surface area contributed by atoms with E-state index in [2.05, 4.69) is 10.6 Å². The standard InChI is InChI=1S/C28H22N2O6S2/c31-25-21-11-12-22(37-21)26(32)30-20(18-9-5-2-6-10-18)16-36-28(34)24-14-13-23(38-24)27(33)35-15-19(29-25)17-7-3-1-4-8-17/h1-14,19-20H,15-16H2,(H,29,31)(H,30,32)/t19-,20-/m0/s1. The second-order valence-corrected chi connectivity index (χ2v) is 10.6. The fourth-order valence-corrected chi connectivity index (χ4v) is 5.48. The van der Waals surface area contributed by atoms with Crippen molar-refractivity contribution in [3.63, 3.8) is 0 Å². The van der Waals surface area contributed by atoms with Crippen LogP contribution in [0.2, 0.25) is 0 Å². The Balaban J connectivity index is 1.47. The Morgan fingerprint density at radius 2 is 0.895 bits per heavy atom. The van der Waals surface area contributed by atoms with Crippen LogP contribution in [-0.4, -0.2) is 37.0 Å². The smallest absolute Gasteiger partial charge is 0.348 e. The molecule has 2 aromatic heterocycles. The maximum Gasteiger partial charge on any atom is 0.348 e. The molecular formula is C28H22N2O6S2. The molecule has 1 aliphatic heterocycles. The lowest BCUT2D eigenvalue weighted by Crippen LogP contribution is -2.32. The zero-order valence-electron chi connectivity index (χ0n) is 19.9. The fourth-order valence-electron chi connectivity index (χ4n) is 3.87. The number of rotatable bonds is 2. The average Bonchev–Trinajstić information content (AvgIpc) is 3.64. The van der Waals surface area contributed by atoms with Gasteiger partial charge < -0.3 is 20.1 Å². The quantitative estimate of drug-likeness (QED) is 0.350. The van der Waals surface area contributed by atoms with Crippen molar-refractivity contribution >= 4 is 46.4 Å². The van der Waals surface area contributed by atoms with Crippen molar-refractivity contribution in [2.75, 3.05) is 13.2 Å². The first-order valence-corrected chi connectivity index (χ1v) is 13.4. The molecular weight excluding hydrogens is 524 g/mol. The molecule has 0 fully saturated rings. The van der Waals surface area contributed by atoms with E-state index in [1.165, 1.54) is 12.1 Å². The number of thiophene rings is 2. The highest BCUT2D eigenvalue weighted by Crippen LogP contribution is 2.24. The summed E-state index contributed by atoms with van der Waals surface area (Å²) in [7, 11) is 0. The van der Waals surface area contributed by atoms with Gasteiger partial charge in [-0.3, -0.25) is 9.59 Å². The van der Waals surface area contributed by atoms with Gasteiger partial charge in [0.1, 0.15) is 23.0 Å². The number of ether oxygens (including phenoxy) is 2. The highest BCUT2D eigenvalue weighted by molar-refractivity contribution is 7.16. The molecule has 2 atom stereocenters. The van der Waals surface area contributed by atoms with Gasteiger partial charge in [-0.2, -0.15) is 0 Å². The van der Waals surface area contributed by atoms with Gasteiger partial charge in [0.05, 0.1) is 21.8 Å². The number of hydrogen-bond donors (Lipinski definition) is 2. The van der Waals surface area contributed by atoms with Crippen LogP contribution in [0.25, 0.3) is 0 Å². The minimum atomic E-state index is -0.627. The summed E-state index contributed by atoms with van der Waals surface area (Å²) in [5, 5.41) is 5.80. The molecule has 0 saturated carbocycles. The van der Waals surface area contributed by atoms with Crippen LogP contribution < -0.4 is 10.6 Å². The third-order valence-corrected chi connectivity index (χ3v) is 7.97. The Hall–Kier alpha value is -4.28. The van der Waals surface area contributed by atoms with E-state index in [1.54, 1.807) is 12.1 Å². The maximum atomic E-state index is 13.1. The van der Waals surface area contributed by atoms with Gasteiger partial charge in [-0.15, -0.1) is 22.7 Å². The second-order valence-electron chi connectivity index (χ2n) is 8.40. The summed E-state index contributed by atoms with van der Waals surface area (Å²) < 4.78 is 11.0. The van der Waals surface area contributed by atoms with Gasteiger partial charge >= 0.3 is 11.9 Å². The molecule has 0 radical (unpaired) electrons. The molecule has 5 rings (SSSR count). The predicted octanol–water partition coefficient (Wildman–Crippen LogP) is 4.78. The lowest BCUT2D eigenvalue weighted by molar-refractivity contribution is 0.0458. The van der Waals surface area contributed by atoms with Gasteiger partial charge in [0.2, 0.25) is 0 Å². The van der Waals surface area contributed by atoms with Crippen molar-refractivity contribution in [1.82, 2.24) is 10.6 Å². The molecule has 0 spiro atoms. The monoisotopic (exact) mass is 546 g/mol. The summed E-state index contributed by atoms with van der Waals surface area (Å²) in [5.74, 6) is -2.02. The summed E-state index contributed by atoms with van der Waals surface area (Å²) in [6.07, 6.45) is 0. The van der Waals surface area contributed by atoms with Crippen molar-refractivity contribution in [1.29, 1.82) is 0 Å². The van der Waals surface area contributed by atoms with Gasteiger partial charge in [-0.1, -0.05) is 60.7 Å². The zero-order chi connectivity index (χ0) is 26.5. The number of amides is 2. The fraction of sp³-hybridized carbons (Fsp3) is 0.143. The van der Waals surface area contributed by atoms with Crippen molar-refractivity contribution in [3.8, 4) is 0 Å². The van der Waals surface area contributed by atoms with E-state index >= 15 is 0 Å². The van der Waals surface area contributed by atoms with Gasteiger partial charge in [0.15, 0.2) is 0 Å². The predicted molar refractivity (Wildman–Crippen MR) is 143 cm³/mol. The molecule has 3 heterocycles. The number of cyclic esters (lactones) is 2. The van der Waals surface area contributed by atoms with Crippen molar-refractivity contribution in [3.05, 3.63) is 116 Å². The summed E-state index contributed by atoms with van der Waals surface area (Å²) in [5.41, 5.74) is 1.50. The van der Waals surface area contributed by atoms with E-state index in [0.29, 0.717) is 9.75 Å². The van der Waals surface area contributed by atoms with Crippen LogP contribution in [0, 0.1) is 0 Å². The Kier molecular flexibility index (Phi) is 7.62.